The average molecular weight is 266 g/mol. The van der Waals surface area contributed by atoms with Crippen LogP contribution in [0.2, 0.25) is 0 Å². The highest BCUT2D eigenvalue weighted by molar-refractivity contribution is 5.29. The zero-order chi connectivity index (χ0) is 13.9. The van der Waals surface area contributed by atoms with Gasteiger partial charge in [-0.25, -0.2) is 0 Å². The monoisotopic (exact) mass is 266 g/mol. The highest BCUT2D eigenvalue weighted by Crippen LogP contribution is 2.36. The molecule has 104 valence electrons. The van der Waals surface area contributed by atoms with Crippen LogP contribution in [-0.4, -0.2) is 5.11 Å². The van der Waals surface area contributed by atoms with Gasteiger partial charge in [-0.05, 0) is 42.4 Å². The molecular formula is C19H22O. The van der Waals surface area contributed by atoms with Gasteiger partial charge in [0.25, 0.3) is 0 Å². The van der Waals surface area contributed by atoms with Crippen molar-refractivity contribution in [2.24, 2.45) is 0 Å². The molecule has 0 saturated heterocycles. The number of benzene rings is 2. The molecule has 1 aliphatic carbocycles. The van der Waals surface area contributed by atoms with Gasteiger partial charge in [0.05, 0.1) is 6.10 Å². The summed E-state index contributed by atoms with van der Waals surface area (Å²) in [7, 11) is 0. The lowest BCUT2D eigenvalue weighted by atomic mass is 9.80. The van der Waals surface area contributed by atoms with Gasteiger partial charge in [0.15, 0.2) is 0 Å². The average Bonchev–Trinajstić information content (AvgIpc) is 2.40. The molecule has 1 saturated carbocycles. The first-order chi connectivity index (χ1) is 9.72. The molecule has 0 amide bonds. The summed E-state index contributed by atoms with van der Waals surface area (Å²) in [6.07, 6.45) is 4.29. The molecule has 3 rings (SSSR count). The highest BCUT2D eigenvalue weighted by Gasteiger charge is 2.19. The van der Waals surface area contributed by atoms with Gasteiger partial charge in [-0.15, -0.1) is 0 Å². The fraction of sp³-hybridized carbons (Fsp3) is 0.368. The Morgan fingerprint density at radius 3 is 2.20 bits per heavy atom. The van der Waals surface area contributed by atoms with Crippen LogP contribution in [-0.2, 0) is 6.42 Å². The summed E-state index contributed by atoms with van der Waals surface area (Å²) in [6.45, 7) is 2.08. The van der Waals surface area contributed by atoms with E-state index in [0.29, 0.717) is 6.42 Å². The quantitative estimate of drug-likeness (QED) is 0.861. The standard InChI is InChI=1S/C19H22O/c1-14-5-7-15(8-6-14)13-19(20)18-11-9-17(10-12-18)16-3-2-4-16/h5-12,16,19-20H,2-4,13H2,1H3. The van der Waals surface area contributed by atoms with Gasteiger partial charge in [-0.1, -0.05) is 60.5 Å². The SMILES string of the molecule is Cc1ccc(CC(O)c2ccc(C3CCC3)cc2)cc1. The second-order valence-corrected chi connectivity index (χ2v) is 6.00. The number of hydrogen-bond acceptors (Lipinski definition) is 1. The van der Waals surface area contributed by atoms with Gasteiger partial charge in [-0.2, -0.15) is 0 Å². The number of aryl methyl sites for hydroxylation is 1. The molecule has 1 atom stereocenters. The number of aliphatic hydroxyl groups excluding tert-OH is 1. The summed E-state index contributed by atoms with van der Waals surface area (Å²) in [5.41, 5.74) is 4.90. The molecule has 20 heavy (non-hydrogen) atoms. The molecule has 1 nitrogen and oxygen atoms in total. The maximum absolute atomic E-state index is 10.3. The van der Waals surface area contributed by atoms with Crippen molar-refractivity contribution in [3.8, 4) is 0 Å². The molecule has 1 heteroatoms. The van der Waals surface area contributed by atoms with E-state index >= 15 is 0 Å². The van der Waals surface area contributed by atoms with E-state index in [0.717, 1.165) is 11.5 Å². The molecule has 2 aromatic carbocycles. The van der Waals surface area contributed by atoms with E-state index in [1.807, 2.05) is 0 Å². The molecule has 0 spiro atoms. The predicted octanol–water partition coefficient (Wildman–Crippen LogP) is 4.54. The summed E-state index contributed by atoms with van der Waals surface area (Å²) in [4.78, 5) is 0. The minimum Gasteiger partial charge on any atom is -0.388 e. The first kappa shape index (κ1) is 13.4. The molecule has 1 fully saturated rings. The Morgan fingerprint density at radius 1 is 1.00 bits per heavy atom. The van der Waals surface area contributed by atoms with Crippen molar-refractivity contribution < 1.29 is 5.11 Å². The molecule has 1 aliphatic rings. The molecule has 0 aromatic heterocycles. The van der Waals surface area contributed by atoms with Gasteiger partial charge in [0.1, 0.15) is 0 Å². The van der Waals surface area contributed by atoms with E-state index in [2.05, 4.69) is 55.5 Å². The predicted molar refractivity (Wildman–Crippen MR) is 82.9 cm³/mol. The zero-order valence-electron chi connectivity index (χ0n) is 12.0. The Hall–Kier alpha value is -1.60. The minimum absolute atomic E-state index is 0.409. The maximum Gasteiger partial charge on any atom is 0.0830 e. The van der Waals surface area contributed by atoms with Crippen molar-refractivity contribution in [3.63, 3.8) is 0 Å². The van der Waals surface area contributed by atoms with Gasteiger partial charge in [0, 0.05) is 6.42 Å². The zero-order valence-corrected chi connectivity index (χ0v) is 12.0. The number of aliphatic hydroxyl groups is 1. The molecule has 0 heterocycles. The van der Waals surface area contributed by atoms with Crippen molar-refractivity contribution >= 4 is 0 Å². The van der Waals surface area contributed by atoms with E-state index in [1.54, 1.807) is 0 Å². The van der Waals surface area contributed by atoms with Crippen LogP contribution in [0.4, 0.5) is 0 Å². The van der Waals surface area contributed by atoms with Crippen molar-refractivity contribution in [3.05, 3.63) is 70.8 Å². The Labute approximate surface area is 121 Å². The summed E-state index contributed by atoms with van der Waals surface area (Å²) < 4.78 is 0. The molecular weight excluding hydrogens is 244 g/mol. The van der Waals surface area contributed by atoms with E-state index < -0.39 is 6.10 Å². The van der Waals surface area contributed by atoms with Gasteiger partial charge < -0.3 is 5.11 Å². The summed E-state index contributed by atoms with van der Waals surface area (Å²) >= 11 is 0. The first-order valence-corrected chi connectivity index (χ1v) is 7.56. The van der Waals surface area contributed by atoms with Crippen LogP contribution < -0.4 is 0 Å². The lowest BCUT2D eigenvalue weighted by Crippen LogP contribution is -2.09. The van der Waals surface area contributed by atoms with E-state index in [9.17, 15) is 5.11 Å². The van der Waals surface area contributed by atoms with Crippen LogP contribution in [0.3, 0.4) is 0 Å². The summed E-state index contributed by atoms with van der Waals surface area (Å²) in [5.74, 6) is 0.762. The molecule has 1 unspecified atom stereocenters. The largest absolute Gasteiger partial charge is 0.388 e. The van der Waals surface area contributed by atoms with Crippen molar-refractivity contribution in [1.82, 2.24) is 0 Å². The van der Waals surface area contributed by atoms with E-state index in [1.165, 1.54) is 36.0 Å². The van der Waals surface area contributed by atoms with Gasteiger partial charge in [-0.3, -0.25) is 0 Å². The highest BCUT2D eigenvalue weighted by atomic mass is 16.3. The lowest BCUT2D eigenvalue weighted by molar-refractivity contribution is 0.178. The second kappa shape index (κ2) is 5.80. The third kappa shape index (κ3) is 2.94. The molecule has 1 N–H and O–H groups in total. The normalized spacial score (nSPS) is 16.7. The Kier molecular flexibility index (Phi) is 3.88. The van der Waals surface area contributed by atoms with Crippen LogP contribution in [0.5, 0.6) is 0 Å². The molecule has 0 radical (unpaired) electrons. The van der Waals surface area contributed by atoms with Crippen molar-refractivity contribution in [2.75, 3.05) is 0 Å². The van der Waals surface area contributed by atoms with Gasteiger partial charge >= 0.3 is 0 Å². The van der Waals surface area contributed by atoms with Gasteiger partial charge in [0.2, 0.25) is 0 Å². The van der Waals surface area contributed by atoms with E-state index in [4.69, 9.17) is 0 Å². The Bertz CT molecular complexity index is 549. The molecule has 2 aromatic rings. The fourth-order valence-electron chi connectivity index (χ4n) is 2.80. The second-order valence-electron chi connectivity index (χ2n) is 6.00. The minimum atomic E-state index is -0.409. The maximum atomic E-state index is 10.3. The van der Waals surface area contributed by atoms with Crippen LogP contribution in [0.25, 0.3) is 0 Å². The third-order valence-electron chi connectivity index (χ3n) is 4.45. The molecule has 0 aliphatic heterocycles. The Morgan fingerprint density at radius 2 is 1.65 bits per heavy atom. The smallest absolute Gasteiger partial charge is 0.0830 e. The van der Waals surface area contributed by atoms with Crippen molar-refractivity contribution in [2.45, 2.75) is 44.6 Å². The first-order valence-electron chi connectivity index (χ1n) is 7.56. The number of rotatable bonds is 4. The molecule has 0 bridgehead atoms. The lowest BCUT2D eigenvalue weighted by Gasteiger charge is -2.26. The number of hydrogen-bond donors (Lipinski definition) is 1. The topological polar surface area (TPSA) is 20.2 Å². The Balaban J connectivity index is 1.66. The summed E-state index contributed by atoms with van der Waals surface area (Å²) in [6, 6.07) is 17.0. The van der Waals surface area contributed by atoms with Crippen LogP contribution in [0.1, 0.15) is 53.5 Å². The fourth-order valence-corrected chi connectivity index (χ4v) is 2.80. The van der Waals surface area contributed by atoms with Crippen LogP contribution in [0, 0.1) is 6.92 Å². The van der Waals surface area contributed by atoms with Crippen LogP contribution in [0.15, 0.2) is 48.5 Å². The van der Waals surface area contributed by atoms with Crippen LogP contribution >= 0.6 is 0 Å². The van der Waals surface area contributed by atoms with E-state index in [-0.39, 0.29) is 0 Å². The van der Waals surface area contributed by atoms with Crippen molar-refractivity contribution in [1.29, 1.82) is 0 Å². The summed E-state index contributed by atoms with van der Waals surface area (Å²) in [5, 5.41) is 10.3. The third-order valence-corrected chi connectivity index (χ3v) is 4.45.